The topological polar surface area (TPSA) is 85.2 Å². The van der Waals surface area contributed by atoms with Crippen LogP contribution >= 0.6 is 12.0 Å². The van der Waals surface area contributed by atoms with Gasteiger partial charge in [-0.05, 0) is 37.5 Å². The minimum absolute atomic E-state index is 0.120. The quantitative estimate of drug-likeness (QED) is 0.149. The molecule has 0 bridgehead atoms. The van der Waals surface area contributed by atoms with E-state index in [1.165, 1.54) is 0 Å². The molecule has 1 fully saturated rings. The van der Waals surface area contributed by atoms with E-state index in [0.29, 0.717) is 12.8 Å². The second-order valence-corrected chi connectivity index (χ2v) is 7.58. The molecule has 6 nitrogen and oxygen atoms in total. The van der Waals surface area contributed by atoms with Crippen LogP contribution in [0.1, 0.15) is 25.7 Å². The number of alkyl halides is 10. The summed E-state index contributed by atoms with van der Waals surface area (Å²) in [5, 5.41) is 13.9. The Kier molecular flexibility index (Phi) is 8.89. The summed E-state index contributed by atoms with van der Waals surface area (Å²) in [7, 11) is 0. The Morgan fingerprint density at radius 3 is 1.74 bits per heavy atom. The summed E-state index contributed by atoms with van der Waals surface area (Å²) in [6.45, 7) is -1.05. The van der Waals surface area contributed by atoms with Gasteiger partial charge in [0, 0.05) is 6.61 Å². The highest BCUT2D eigenvalue weighted by Crippen LogP contribution is 2.59. The zero-order valence-electron chi connectivity index (χ0n) is 15.1. The van der Waals surface area contributed by atoms with Gasteiger partial charge in [0.05, 0.1) is 18.6 Å². The monoisotopic (exact) mass is 502 g/mol. The van der Waals surface area contributed by atoms with Gasteiger partial charge in [0.15, 0.2) is 0 Å². The van der Waals surface area contributed by atoms with Crippen molar-refractivity contribution >= 4 is 18.0 Å². The molecule has 184 valence electrons. The molecule has 0 spiro atoms. The predicted molar refractivity (Wildman–Crippen MR) is 80.6 cm³/mol. The van der Waals surface area contributed by atoms with Crippen molar-refractivity contribution in [1.82, 2.24) is 0 Å². The van der Waals surface area contributed by atoms with Crippen molar-refractivity contribution in [3.8, 4) is 0 Å². The number of halogens is 10. The second kappa shape index (κ2) is 9.84. The number of rotatable bonds is 10. The molecule has 1 aliphatic rings. The number of carbonyl (C=O) groups is 1. The van der Waals surface area contributed by atoms with Gasteiger partial charge in [-0.15, -0.1) is 4.33 Å². The minimum Gasteiger partial charge on any atom is -0.462 e. The first-order valence-electron chi connectivity index (χ1n) is 8.32. The zero-order valence-corrected chi connectivity index (χ0v) is 15.9. The fourth-order valence-corrected chi connectivity index (χ4v) is 3.20. The average Bonchev–Trinajstić information content (AvgIpc) is 2.69. The second-order valence-electron chi connectivity index (χ2n) is 6.71. The van der Waals surface area contributed by atoms with Crippen molar-refractivity contribution in [2.75, 3.05) is 13.2 Å². The van der Waals surface area contributed by atoms with E-state index in [0.717, 1.165) is 0 Å². The van der Waals surface area contributed by atoms with Gasteiger partial charge >= 0.3 is 34.9 Å². The highest BCUT2D eigenvalue weighted by Gasteiger charge is 2.88. The van der Waals surface area contributed by atoms with Crippen LogP contribution in [0.2, 0.25) is 0 Å². The largest absolute Gasteiger partial charge is 0.462 e. The number of hydrogen-bond donors (Lipinski definition) is 2. The summed E-state index contributed by atoms with van der Waals surface area (Å²) in [6, 6.07) is 0. The molecule has 1 saturated carbocycles. The molecule has 31 heavy (non-hydrogen) atoms. The van der Waals surface area contributed by atoms with Crippen molar-refractivity contribution in [2.24, 2.45) is 11.8 Å². The molecule has 1 rings (SSSR count). The lowest BCUT2D eigenvalue weighted by Gasteiger charge is -2.38. The molecule has 0 radical (unpaired) electrons. The Balaban J connectivity index is 3.13. The maximum absolute atomic E-state index is 14.6. The Morgan fingerprint density at radius 2 is 1.32 bits per heavy atom. The maximum atomic E-state index is 14.6. The molecule has 0 aromatic heterocycles. The maximum Gasteiger partial charge on any atom is 0.460 e. The molecule has 0 amide bonds. The average molecular weight is 502 g/mol. The third-order valence-corrected chi connectivity index (χ3v) is 5.45. The van der Waals surface area contributed by atoms with Crippen LogP contribution in [0.15, 0.2) is 0 Å². The number of esters is 1. The van der Waals surface area contributed by atoms with Crippen molar-refractivity contribution in [3.63, 3.8) is 0 Å². The molecule has 1 unspecified atom stereocenters. The van der Waals surface area contributed by atoms with E-state index in [1.807, 2.05) is 0 Å². The van der Waals surface area contributed by atoms with Crippen LogP contribution in [-0.4, -0.2) is 58.5 Å². The summed E-state index contributed by atoms with van der Waals surface area (Å²) in [5.74, 6) is -25.8. The SMILES string of the molecule is O=C(OCC1CCC(CO)CC1)C(F)(SOOO)C(F)(F)C(F)(F)C(F)(F)C(F)(F)F. The van der Waals surface area contributed by atoms with Gasteiger partial charge in [-0.3, -0.25) is 0 Å². The lowest BCUT2D eigenvalue weighted by atomic mass is 9.83. The van der Waals surface area contributed by atoms with Gasteiger partial charge in [-0.1, -0.05) is 5.04 Å². The lowest BCUT2D eigenvalue weighted by Crippen LogP contribution is -2.68. The van der Waals surface area contributed by atoms with E-state index in [2.05, 4.69) is 14.1 Å². The first-order chi connectivity index (χ1) is 14.0. The zero-order chi connectivity index (χ0) is 24.3. The van der Waals surface area contributed by atoms with Gasteiger partial charge in [0.2, 0.25) is 0 Å². The number of carbonyl (C=O) groups excluding carboxylic acids is 1. The van der Waals surface area contributed by atoms with Gasteiger partial charge in [0.25, 0.3) is 0 Å². The first kappa shape index (κ1) is 28.0. The fourth-order valence-electron chi connectivity index (χ4n) is 2.72. The van der Waals surface area contributed by atoms with Gasteiger partial charge in [0.1, 0.15) is 0 Å². The Morgan fingerprint density at radius 1 is 0.839 bits per heavy atom. The van der Waals surface area contributed by atoms with Crippen molar-refractivity contribution in [1.29, 1.82) is 0 Å². The van der Waals surface area contributed by atoms with Crippen molar-refractivity contribution in [3.05, 3.63) is 0 Å². The summed E-state index contributed by atoms with van der Waals surface area (Å²) < 4.78 is 140. The van der Waals surface area contributed by atoms with Crippen LogP contribution in [0.3, 0.4) is 0 Å². The molecule has 1 atom stereocenters. The summed E-state index contributed by atoms with van der Waals surface area (Å²) in [5.41, 5.74) is 0. The Labute approximate surface area is 171 Å². The smallest absolute Gasteiger partial charge is 0.460 e. The van der Waals surface area contributed by atoms with E-state index in [-0.39, 0.29) is 25.4 Å². The summed E-state index contributed by atoms with van der Waals surface area (Å²) in [4.78, 5) is 11.8. The molecule has 17 heteroatoms. The minimum atomic E-state index is -7.50. The standard InChI is InChI=1S/C14H16F10O6S/c15-10(31-30-29-27,9(26)28-6-8-3-1-7(5-25)2-4-8)11(16,17)12(18,19)13(20,21)14(22,23)24/h7-8,25,27H,1-6H2. The number of hydrogen-bond acceptors (Lipinski definition) is 7. The summed E-state index contributed by atoms with van der Waals surface area (Å²) in [6.07, 6.45) is -6.06. The van der Waals surface area contributed by atoms with E-state index in [4.69, 9.17) is 10.4 Å². The van der Waals surface area contributed by atoms with Crippen LogP contribution in [0, 0.1) is 11.8 Å². The molecule has 1 aliphatic carbocycles. The molecular weight excluding hydrogens is 486 g/mol. The molecule has 0 aliphatic heterocycles. The molecule has 0 saturated heterocycles. The van der Waals surface area contributed by atoms with Crippen LogP contribution in [0.5, 0.6) is 0 Å². The molecular formula is C14H16F10O6S. The predicted octanol–water partition coefficient (Wildman–Crippen LogP) is 4.53. The molecule has 0 aromatic rings. The first-order valence-corrected chi connectivity index (χ1v) is 9.06. The normalized spacial score (nSPS) is 23.4. The van der Waals surface area contributed by atoms with E-state index in [9.17, 15) is 48.7 Å². The van der Waals surface area contributed by atoms with Gasteiger partial charge in [-0.2, -0.15) is 39.5 Å². The Bertz CT molecular complexity index is 611. The van der Waals surface area contributed by atoms with E-state index in [1.54, 1.807) is 0 Å². The van der Waals surface area contributed by atoms with Gasteiger partial charge < -0.3 is 9.84 Å². The van der Waals surface area contributed by atoms with Crippen LogP contribution < -0.4 is 0 Å². The van der Waals surface area contributed by atoms with Crippen LogP contribution in [0.4, 0.5) is 43.9 Å². The van der Waals surface area contributed by atoms with Gasteiger partial charge in [-0.25, -0.2) is 14.4 Å². The summed E-state index contributed by atoms with van der Waals surface area (Å²) >= 11 is -1.79. The molecule has 2 N–H and O–H groups in total. The molecule has 0 heterocycles. The Hall–Kier alpha value is -1.04. The third-order valence-electron chi connectivity index (χ3n) is 4.67. The lowest BCUT2D eigenvalue weighted by molar-refractivity contribution is -0.435. The van der Waals surface area contributed by atoms with Crippen LogP contribution in [0.25, 0.3) is 0 Å². The van der Waals surface area contributed by atoms with Crippen molar-refractivity contribution in [2.45, 2.75) is 54.6 Å². The fraction of sp³-hybridized carbons (Fsp3) is 0.929. The number of aliphatic hydroxyl groups excluding tert-OH is 1. The highest BCUT2D eigenvalue weighted by molar-refractivity contribution is 7.96. The van der Waals surface area contributed by atoms with Crippen LogP contribution in [-0.2, 0) is 18.9 Å². The highest BCUT2D eigenvalue weighted by atomic mass is 32.2. The van der Waals surface area contributed by atoms with E-state index >= 15 is 0 Å². The van der Waals surface area contributed by atoms with Crippen molar-refractivity contribution < 1.29 is 73.2 Å². The number of aliphatic hydroxyl groups is 1. The number of ether oxygens (including phenoxy) is 1. The third kappa shape index (κ3) is 5.31. The molecule has 0 aromatic carbocycles. The van der Waals surface area contributed by atoms with E-state index < -0.39 is 59.5 Å².